The van der Waals surface area contributed by atoms with Gasteiger partial charge in [0, 0.05) is 17.3 Å². The van der Waals surface area contributed by atoms with Crippen LogP contribution in [0.1, 0.15) is 15.9 Å². The van der Waals surface area contributed by atoms with Crippen LogP contribution < -0.4 is 5.32 Å². The molecule has 0 aliphatic rings. The van der Waals surface area contributed by atoms with E-state index in [0.29, 0.717) is 0 Å². The highest BCUT2D eigenvalue weighted by Crippen LogP contribution is 2.29. The minimum Gasteiger partial charge on any atom is -0.505 e. The first kappa shape index (κ1) is 14.8. The number of benzene rings is 2. The van der Waals surface area contributed by atoms with E-state index in [-0.39, 0.29) is 11.3 Å². The van der Waals surface area contributed by atoms with Crippen LogP contribution in [0.25, 0.3) is 0 Å². The summed E-state index contributed by atoms with van der Waals surface area (Å²) in [5, 5.41) is 11.3. The average Bonchev–Trinajstić information content (AvgIpc) is 2.42. The zero-order valence-electron chi connectivity index (χ0n) is 10.4. The predicted molar refractivity (Wildman–Crippen MR) is 67.5 cm³/mol. The molecule has 0 saturated carbocycles. The van der Waals surface area contributed by atoms with Crippen molar-refractivity contribution in [1.29, 1.82) is 0 Å². The summed E-state index contributed by atoms with van der Waals surface area (Å²) >= 11 is 0. The molecular formula is C14H9F4NO2. The fourth-order valence-corrected chi connectivity index (χ4v) is 1.60. The molecule has 0 saturated heterocycles. The Morgan fingerprint density at radius 3 is 2.19 bits per heavy atom. The molecule has 110 valence electrons. The fraction of sp³-hybridized carbons (Fsp3) is 0.0714. The summed E-state index contributed by atoms with van der Waals surface area (Å²) in [7, 11) is 0. The molecule has 21 heavy (non-hydrogen) atoms. The Labute approximate surface area is 116 Å². The van der Waals surface area contributed by atoms with E-state index in [0.717, 1.165) is 36.4 Å². The summed E-state index contributed by atoms with van der Waals surface area (Å²) in [6.45, 7) is 0. The van der Waals surface area contributed by atoms with Gasteiger partial charge < -0.3 is 10.4 Å². The highest BCUT2D eigenvalue weighted by Gasteiger charge is 2.30. The Bertz CT molecular complexity index is 666. The number of hydrogen-bond acceptors (Lipinski definition) is 2. The van der Waals surface area contributed by atoms with Crippen LogP contribution in [0.4, 0.5) is 23.2 Å². The normalized spacial score (nSPS) is 11.2. The lowest BCUT2D eigenvalue weighted by Gasteiger charge is -2.08. The van der Waals surface area contributed by atoms with E-state index in [9.17, 15) is 22.4 Å². The maximum atomic E-state index is 13.1. The average molecular weight is 299 g/mol. The molecule has 2 aromatic rings. The van der Waals surface area contributed by atoms with Crippen molar-refractivity contribution in [2.75, 3.05) is 5.32 Å². The van der Waals surface area contributed by atoms with Crippen molar-refractivity contribution < 1.29 is 27.5 Å². The molecule has 0 fully saturated rings. The van der Waals surface area contributed by atoms with E-state index in [2.05, 4.69) is 5.32 Å². The van der Waals surface area contributed by atoms with E-state index in [1.54, 1.807) is 0 Å². The second kappa shape index (κ2) is 5.43. The van der Waals surface area contributed by atoms with E-state index >= 15 is 0 Å². The van der Waals surface area contributed by atoms with Gasteiger partial charge in [-0.1, -0.05) is 0 Å². The van der Waals surface area contributed by atoms with Crippen LogP contribution in [0.3, 0.4) is 0 Å². The maximum absolute atomic E-state index is 13.1. The monoisotopic (exact) mass is 299 g/mol. The van der Waals surface area contributed by atoms with Gasteiger partial charge in [-0.2, -0.15) is 13.2 Å². The van der Waals surface area contributed by atoms with Crippen molar-refractivity contribution in [3.63, 3.8) is 0 Å². The van der Waals surface area contributed by atoms with Crippen molar-refractivity contribution in [2.24, 2.45) is 0 Å². The lowest BCUT2D eigenvalue weighted by Crippen LogP contribution is -2.13. The standard InChI is InChI=1S/C14H9F4NO2/c15-11-7-10(5-6-12(11)20)19-13(21)8-1-3-9(4-2-8)14(16,17)18/h1-7,20H,(H,19,21). The van der Waals surface area contributed by atoms with E-state index in [1.165, 1.54) is 6.07 Å². The van der Waals surface area contributed by atoms with Crippen LogP contribution >= 0.6 is 0 Å². The highest BCUT2D eigenvalue weighted by molar-refractivity contribution is 6.04. The number of rotatable bonds is 2. The van der Waals surface area contributed by atoms with Gasteiger partial charge in [0.2, 0.25) is 0 Å². The number of amides is 1. The third kappa shape index (κ3) is 3.50. The Hall–Kier alpha value is -2.57. The lowest BCUT2D eigenvalue weighted by molar-refractivity contribution is -0.137. The number of halogens is 4. The molecule has 2 rings (SSSR count). The molecule has 0 aromatic heterocycles. The number of aromatic hydroxyl groups is 1. The molecular weight excluding hydrogens is 290 g/mol. The van der Waals surface area contributed by atoms with Crippen LogP contribution in [0.5, 0.6) is 5.75 Å². The lowest BCUT2D eigenvalue weighted by atomic mass is 10.1. The Balaban J connectivity index is 2.15. The summed E-state index contributed by atoms with van der Waals surface area (Å²) in [6.07, 6.45) is -4.48. The number of phenolic OH excluding ortho intramolecular Hbond substituents is 1. The van der Waals surface area contributed by atoms with E-state index in [4.69, 9.17) is 5.11 Å². The van der Waals surface area contributed by atoms with Gasteiger partial charge in [0.25, 0.3) is 5.91 Å². The number of anilines is 1. The molecule has 0 atom stereocenters. The minimum atomic E-state index is -4.48. The summed E-state index contributed by atoms with van der Waals surface area (Å²) in [6, 6.07) is 6.83. The topological polar surface area (TPSA) is 49.3 Å². The van der Waals surface area contributed by atoms with Crippen molar-refractivity contribution in [3.8, 4) is 5.75 Å². The van der Waals surface area contributed by atoms with Gasteiger partial charge in [0.1, 0.15) is 0 Å². The Morgan fingerprint density at radius 1 is 1.05 bits per heavy atom. The van der Waals surface area contributed by atoms with Gasteiger partial charge in [0.15, 0.2) is 11.6 Å². The summed E-state index contributed by atoms with van der Waals surface area (Å²) in [4.78, 5) is 11.8. The third-order valence-corrected chi connectivity index (χ3v) is 2.68. The van der Waals surface area contributed by atoms with Crippen molar-refractivity contribution in [2.45, 2.75) is 6.18 Å². The largest absolute Gasteiger partial charge is 0.505 e. The SMILES string of the molecule is O=C(Nc1ccc(O)c(F)c1)c1ccc(C(F)(F)F)cc1. The zero-order chi connectivity index (χ0) is 15.6. The van der Waals surface area contributed by atoms with Crippen LogP contribution in [-0.2, 0) is 6.18 Å². The molecule has 3 nitrogen and oxygen atoms in total. The van der Waals surface area contributed by atoms with Crippen molar-refractivity contribution in [1.82, 2.24) is 0 Å². The molecule has 2 N–H and O–H groups in total. The van der Waals surface area contributed by atoms with Gasteiger partial charge in [-0.15, -0.1) is 0 Å². The van der Waals surface area contributed by atoms with Crippen molar-refractivity contribution in [3.05, 3.63) is 59.4 Å². The number of carbonyl (C=O) groups is 1. The molecule has 0 aliphatic carbocycles. The zero-order valence-corrected chi connectivity index (χ0v) is 10.4. The molecule has 0 heterocycles. The van der Waals surface area contributed by atoms with Crippen LogP contribution in [0, 0.1) is 5.82 Å². The van der Waals surface area contributed by atoms with Gasteiger partial charge in [-0.05, 0) is 36.4 Å². The van der Waals surface area contributed by atoms with Gasteiger partial charge >= 0.3 is 6.18 Å². The molecule has 7 heteroatoms. The number of nitrogens with one attached hydrogen (secondary N) is 1. The Morgan fingerprint density at radius 2 is 1.67 bits per heavy atom. The smallest absolute Gasteiger partial charge is 0.416 e. The first-order valence-corrected chi connectivity index (χ1v) is 5.74. The molecule has 1 amide bonds. The second-order valence-electron chi connectivity index (χ2n) is 4.20. The number of carbonyl (C=O) groups excluding carboxylic acids is 1. The summed E-state index contributed by atoms with van der Waals surface area (Å²) in [5.74, 6) is -2.17. The van der Waals surface area contributed by atoms with E-state index in [1.807, 2.05) is 0 Å². The fourth-order valence-electron chi connectivity index (χ4n) is 1.60. The van der Waals surface area contributed by atoms with Crippen molar-refractivity contribution >= 4 is 11.6 Å². The first-order valence-electron chi connectivity index (χ1n) is 5.74. The number of phenols is 1. The van der Waals surface area contributed by atoms with Crippen LogP contribution in [0.2, 0.25) is 0 Å². The van der Waals surface area contributed by atoms with Gasteiger partial charge in [0.05, 0.1) is 5.56 Å². The second-order valence-corrected chi connectivity index (χ2v) is 4.20. The first-order chi connectivity index (χ1) is 9.77. The number of alkyl halides is 3. The molecule has 0 aliphatic heterocycles. The maximum Gasteiger partial charge on any atom is 0.416 e. The van der Waals surface area contributed by atoms with E-state index < -0.39 is 29.2 Å². The predicted octanol–water partition coefficient (Wildman–Crippen LogP) is 3.80. The van der Waals surface area contributed by atoms with Crippen LogP contribution in [-0.4, -0.2) is 11.0 Å². The van der Waals surface area contributed by atoms with Gasteiger partial charge in [-0.25, -0.2) is 4.39 Å². The van der Waals surface area contributed by atoms with Gasteiger partial charge in [-0.3, -0.25) is 4.79 Å². The molecule has 0 unspecified atom stereocenters. The third-order valence-electron chi connectivity index (χ3n) is 2.68. The summed E-state index contributed by atoms with van der Waals surface area (Å²) < 4.78 is 50.2. The minimum absolute atomic E-state index is 0.00326. The van der Waals surface area contributed by atoms with Crippen LogP contribution in [0.15, 0.2) is 42.5 Å². The molecule has 0 radical (unpaired) electrons. The number of hydrogen-bond donors (Lipinski definition) is 2. The highest BCUT2D eigenvalue weighted by atomic mass is 19.4. The summed E-state index contributed by atoms with van der Waals surface area (Å²) in [5.41, 5.74) is -0.790. The molecule has 0 spiro atoms. The molecule has 0 bridgehead atoms. The quantitative estimate of drug-likeness (QED) is 0.654. The molecule has 2 aromatic carbocycles. The Kier molecular flexibility index (Phi) is 3.84.